The van der Waals surface area contributed by atoms with E-state index in [1.165, 1.54) is 15.9 Å². The Labute approximate surface area is 214 Å². The summed E-state index contributed by atoms with van der Waals surface area (Å²) in [5.74, 6) is -1.98. The Kier molecular flexibility index (Phi) is 7.16. The van der Waals surface area contributed by atoms with Gasteiger partial charge in [-0.25, -0.2) is 9.48 Å². The molecule has 4 N–H and O–H groups in total. The number of carbonyl (C=O) groups excluding carboxylic acids is 2. The quantitative estimate of drug-likeness (QED) is 0.344. The van der Waals surface area contributed by atoms with E-state index in [4.69, 9.17) is 5.73 Å². The predicted molar refractivity (Wildman–Crippen MR) is 131 cm³/mol. The van der Waals surface area contributed by atoms with Gasteiger partial charge in [0.2, 0.25) is 5.91 Å². The topological polar surface area (TPSA) is 160 Å². The summed E-state index contributed by atoms with van der Waals surface area (Å²) in [4.78, 5) is 42.6. The number of β-lactam (4-membered cyclic amide) rings is 1. The van der Waals surface area contributed by atoms with E-state index in [0.29, 0.717) is 6.04 Å². The number of nitrogens with zero attached hydrogens (tertiary/aromatic N) is 6. The van der Waals surface area contributed by atoms with Crippen molar-refractivity contribution in [1.29, 1.82) is 0 Å². The Morgan fingerprint density at radius 2 is 2.19 bits per heavy atom. The third kappa shape index (κ3) is 4.81. The van der Waals surface area contributed by atoms with E-state index in [1.54, 1.807) is 11.8 Å². The van der Waals surface area contributed by atoms with E-state index < -0.39 is 5.97 Å². The number of carboxylic acids is 1. The maximum atomic E-state index is 13.1. The number of thioether (sulfide) groups is 1. The zero-order valence-corrected chi connectivity index (χ0v) is 21.4. The molecular weight excluding hydrogens is 484 g/mol. The van der Waals surface area contributed by atoms with E-state index >= 15 is 0 Å². The molecule has 1 aromatic heterocycles. The lowest BCUT2D eigenvalue weighted by Gasteiger charge is -2.47. The molecule has 12 nitrogen and oxygen atoms in total. The molecule has 0 saturated carbocycles. The van der Waals surface area contributed by atoms with Crippen molar-refractivity contribution in [2.45, 2.75) is 63.0 Å². The van der Waals surface area contributed by atoms with E-state index in [1.807, 2.05) is 13.8 Å². The number of hydrogen-bond donors (Lipinski definition) is 3. The van der Waals surface area contributed by atoms with Gasteiger partial charge < -0.3 is 26.0 Å². The summed E-state index contributed by atoms with van der Waals surface area (Å²) in [5, 5.41) is 24.6. The SMILES string of the molecule is C[C@@H](CC(=O)Cn1cnnn1)[C@H]1C(=O)N2C(C(=O)O)=C(S[C@@H]3CNC(CN4CC[C@@H](N)C4)C3)[C@H](C)[C@H]12. The number of fused-ring (bicyclic) bond motifs is 1. The maximum absolute atomic E-state index is 13.1. The summed E-state index contributed by atoms with van der Waals surface area (Å²) < 4.78 is 1.36. The molecule has 3 fully saturated rings. The van der Waals surface area contributed by atoms with Gasteiger partial charge in [-0.05, 0) is 35.7 Å². The molecule has 0 spiro atoms. The van der Waals surface area contributed by atoms with Crippen LogP contribution in [0.15, 0.2) is 16.9 Å². The standard InChI is InChI=1S/C23H34N8O4S/c1-12(5-16(32)10-30-11-26-27-28-30)18-19-13(2)21(20(23(34)35)31(19)22(18)33)36-17-6-15(25-7-17)9-29-4-3-14(24)8-29/h11-15,17-19,25H,3-10,24H2,1-2H3,(H,34,35)/t12-,13+,14+,15?,17-,18+,19+/m0/s1. The second-order valence-corrected chi connectivity index (χ2v) is 12.0. The summed E-state index contributed by atoms with van der Waals surface area (Å²) >= 11 is 1.61. The van der Waals surface area contributed by atoms with Gasteiger partial charge in [0.05, 0.1) is 12.0 Å². The highest BCUT2D eigenvalue weighted by Gasteiger charge is 2.60. The van der Waals surface area contributed by atoms with Gasteiger partial charge in [-0.3, -0.25) is 9.59 Å². The summed E-state index contributed by atoms with van der Waals surface area (Å²) in [6.45, 7) is 7.68. The van der Waals surface area contributed by atoms with Gasteiger partial charge in [-0.15, -0.1) is 16.9 Å². The van der Waals surface area contributed by atoms with Crippen LogP contribution in [-0.4, -0.2) is 102 Å². The second-order valence-electron chi connectivity index (χ2n) is 10.6. The predicted octanol–water partition coefficient (Wildman–Crippen LogP) is -0.462. The number of hydrogen-bond acceptors (Lipinski definition) is 10. The zero-order valence-electron chi connectivity index (χ0n) is 20.6. The number of aromatic nitrogens is 4. The van der Waals surface area contributed by atoms with Gasteiger partial charge in [-0.1, -0.05) is 13.8 Å². The van der Waals surface area contributed by atoms with Gasteiger partial charge in [0.15, 0.2) is 5.78 Å². The lowest BCUT2D eigenvalue weighted by molar-refractivity contribution is -0.160. The zero-order chi connectivity index (χ0) is 25.6. The number of nitrogens with one attached hydrogen (secondary N) is 1. The third-order valence-corrected chi connectivity index (χ3v) is 9.46. The van der Waals surface area contributed by atoms with E-state index in [2.05, 4.69) is 25.7 Å². The number of rotatable bonds is 10. The smallest absolute Gasteiger partial charge is 0.353 e. The Balaban J connectivity index is 1.21. The molecule has 7 atom stereocenters. The van der Waals surface area contributed by atoms with E-state index in [-0.39, 0.29) is 65.4 Å². The van der Waals surface area contributed by atoms with Crippen LogP contribution in [0, 0.1) is 17.8 Å². The lowest BCUT2D eigenvalue weighted by Crippen LogP contribution is -2.62. The normalized spacial score (nSPS) is 33.2. The summed E-state index contributed by atoms with van der Waals surface area (Å²) in [6, 6.07) is 0.390. The van der Waals surface area contributed by atoms with Crippen LogP contribution >= 0.6 is 11.8 Å². The minimum atomic E-state index is -1.06. The van der Waals surface area contributed by atoms with Crippen LogP contribution in [0.25, 0.3) is 0 Å². The van der Waals surface area contributed by atoms with Gasteiger partial charge >= 0.3 is 5.97 Å². The van der Waals surface area contributed by atoms with Crippen LogP contribution in [-0.2, 0) is 20.9 Å². The second kappa shape index (κ2) is 10.2. The van der Waals surface area contributed by atoms with Crippen molar-refractivity contribution in [1.82, 2.24) is 35.3 Å². The molecule has 5 rings (SSSR count). The number of tetrazole rings is 1. The van der Waals surface area contributed by atoms with Gasteiger partial charge in [0, 0.05) is 54.2 Å². The largest absolute Gasteiger partial charge is 0.477 e. The molecule has 36 heavy (non-hydrogen) atoms. The minimum absolute atomic E-state index is 0.0567. The van der Waals surface area contributed by atoms with Crippen molar-refractivity contribution in [3.8, 4) is 0 Å². The van der Waals surface area contributed by atoms with Crippen LogP contribution < -0.4 is 11.1 Å². The molecule has 13 heteroatoms. The number of Topliss-reactive ketones (excluding diaryl/α,β-unsaturated/α-hetero) is 1. The third-order valence-electron chi connectivity index (χ3n) is 7.95. The fourth-order valence-electron chi connectivity index (χ4n) is 6.28. The van der Waals surface area contributed by atoms with Crippen LogP contribution in [0.5, 0.6) is 0 Å². The Morgan fingerprint density at radius 3 is 2.86 bits per heavy atom. The Hall–Kier alpha value is -2.35. The first-order valence-corrected chi connectivity index (χ1v) is 13.5. The van der Waals surface area contributed by atoms with Gasteiger partial charge in [0.1, 0.15) is 18.6 Å². The number of carbonyl (C=O) groups is 3. The van der Waals surface area contributed by atoms with Crippen molar-refractivity contribution in [3.05, 3.63) is 16.9 Å². The lowest BCUT2D eigenvalue weighted by atomic mass is 9.73. The fourth-order valence-corrected chi connectivity index (χ4v) is 7.80. The molecule has 3 saturated heterocycles. The highest BCUT2D eigenvalue weighted by molar-refractivity contribution is 8.03. The van der Waals surface area contributed by atoms with Crippen molar-refractivity contribution in [2.24, 2.45) is 23.5 Å². The van der Waals surface area contributed by atoms with Gasteiger partial charge in [0.25, 0.3) is 0 Å². The summed E-state index contributed by atoms with van der Waals surface area (Å²) in [6.07, 6.45) is 3.58. The number of ketones is 1. The average molecular weight is 519 g/mol. The number of nitrogens with two attached hydrogens (primary N) is 1. The van der Waals surface area contributed by atoms with Crippen LogP contribution in [0.3, 0.4) is 0 Å². The van der Waals surface area contributed by atoms with Crippen LogP contribution in [0.2, 0.25) is 0 Å². The molecule has 0 radical (unpaired) electrons. The molecule has 0 aliphatic carbocycles. The first kappa shape index (κ1) is 25.3. The molecule has 5 heterocycles. The minimum Gasteiger partial charge on any atom is -0.477 e. The van der Waals surface area contributed by atoms with Crippen molar-refractivity contribution < 1.29 is 19.5 Å². The molecule has 1 aromatic rings. The fraction of sp³-hybridized carbons (Fsp3) is 0.739. The average Bonchev–Trinajstić information content (AvgIpc) is 3.59. The monoisotopic (exact) mass is 518 g/mol. The summed E-state index contributed by atoms with van der Waals surface area (Å²) in [7, 11) is 0. The summed E-state index contributed by atoms with van der Waals surface area (Å²) in [5.41, 5.74) is 6.16. The molecule has 1 amide bonds. The molecule has 4 aliphatic rings. The Morgan fingerprint density at radius 1 is 1.39 bits per heavy atom. The number of carboxylic acid groups (broad SMARTS) is 1. The van der Waals surface area contributed by atoms with Crippen molar-refractivity contribution in [3.63, 3.8) is 0 Å². The molecule has 4 aliphatic heterocycles. The molecule has 1 unspecified atom stereocenters. The van der Waals surface area contributed by atoms with E-state index in [0.717, 1.165) is 43.9 Å². The van der Waals surface area contributed by atoms with Crippen molar-refractivity contribution >= 4 is 29.4 Å². The maximum Gasteiger partial charge on any atom is 0.353 e. The van der Waals surface area contributed by atoms with Gasteiger partial charge in [-0.2, -0.15) is 0 Å². The first-order valence-electron chi connectivity index (χ1n) is 12.6. The molecule has 0 bridgehead atoms. The number of aliphatic carboxylic acids is 1. The first-order chi connectivity index (χ1) is 17.2. The number of likely N-dealkylation sites (tertiary alicyclic amines) is 1. The van der Waals surface area contributed by atoms with E-state index in [9.17, 15) is 19.5 Å². The van der Waals surface area contributed by atoms with Crippen molar-refractivity contribution in [2.75, 3.05) is 26.2 Å². The highest BCUT2D eigenvalue weighted by atomic mass is 32.2. The number of amides is 1. The van der Waals surface area contributed by atoms with Crippen LogP contribution in [0.4, 0.5) is 0 Å². The highest BCUT2D eigenvalue weighted by Crippen LogP contribution is 2.53. The molecular formula is C23H34N8O4S. The molecule has 0 aromatic carbocycles. The molecule has 196 valence electrons. The Bertz CT molecular complexity index is 1050. The van der Waals surface area contributed by atoms with Crippen LogP contribution in [0.1, 0.15) is 33.1 Å².